The van der Waals surface area contributed by atoms with Crippen LogP contribution in [-0.4, -0.2) is 30.1 Å². The maximum absolute atomic E-state index is 13.0. The predicted molar refractivity (Wildman–Crippen MR) is 134 cm³/mol. The van der Waals surface area contributed by atoms with E-state index in [1.807, 2.05) is 60.1 Å². The predicted octanol–water partition coefficient (Wildman–Crippen LogP) is 4.62. The van der Waals surface area contributed by atoms with Crippen molar-refractivity contribution in [3.8, 4) is 0 Å². The Balaban J connectivity index is 1.51. The highest BCUT2D eigenvalue weighted by Crippen LogP contribution is 2.27. The summed E-state index contributed by atoms with van der Waals surface area (Å²) in [7, 11) is 0. The summed E-state index contributed by atoms with van der Waals surface area (Å²) in [6.07, 6.45) is 2.43. The average molecular weight is 469 g/mol. The smallest absolute Gasteiger partial charge is 0.252 e. The van der Waals surface area contributed by atoms with Crippen LogP contribution in [0.1, 0.15) is 47.7 Å². The molecule has 0 aliphatic carbocycles. The first-order chi connectivity index (χ1) is 17.1. The Morgan fingerprint density at radius 2 is 1.91 bits per heavy atom. The molecule has 5 aromatic rings. The van der Waals surface area contributed by atoms with Gasteiger partial charge in [-0.25, -0.2) is 4.68 Å². The Morgan fingerprint density at radius 1 is 1.06 bits per heavy atom. The average Bonchev–Trinajstić information content (AvgIpc) is 3.54. The van der Waals surface area contributed by atoms with Gasteiger partial charge in [-0.05, 0) is 65.1 Å². The summed E-state index contributed by atoms with van der Waals surface area (Å²) >= 11 is 0. The zero-order valence-electron chi connectivity index (χ0n) is 19.9. The van der Waals surface area contributed by atoms with Crippen molar-refractivity contribution in [1.29, 1.82) is 0 Å². The lowest BCUT2D eigenvalue weighted by Gasteiger charge is -2.29. The molecule has 0 fully saturated rings. The minimum Gasteiger partial charge on any atom is -0.468 e. The molecule has 0 saturated heterocycles. The molecule has 0 unspecified atom stereocenters. The molecule has 0 aliphatic rings. The summed E-state index contributed by atoms with van der Waals surface area (Å²) in [5.74, 6) is 1.58. The third-order valence-electron chi connectivity index (χ3n) is 6.25. The van der Waals surface area contributed by atoms with Crippen LogP contribution in [0.3, 0.4) is 0 Å². The molecule has 178 valence electrons. The molecular formula is C27H28N6O2. The summed E-state index contributed by atoms with van der Waals surface area (Å²) in [5.41, 5.74) is 3.70. The largest absolute Gasteiger partial charge is 0.468 e. The summed E-state index contributed by atoms with van der Waals surface area (Å²) in [4.78, 5) is 18.3. The van der Waals surface area contributed by atoms with Gasteiger partial charge in [0, 0.05) is 17.6 Å². The van der Waals surface area contributed by atoms with Crippen molar-refractivity contribution in [3.63, 3.8) is 0 Å². The fourth-order valence-electron chi connectivity index (χ4n) is 4.51. The maximum Gasteiger partial charge on any atom is 0.252 e. The van der Waals surface area contributed by atoms with Gasteiger partial charge in [0.1, 0.15) is 5.76 Å². The molecule has 3 heterocycles. The fourth-order valence-corrected chi connectivity index (χ4v) is 4.51. The Hall–Kier alpha value is -4.04. The van der Waals surface area contributed by atoms with Crippen molar-refractivity contribution in [3.05, 3.63) is 112 Å². The standard InChI is InChI=1S/C27H28N6O2/c1-3-25(26-29-30-31-33(26)16-20-8-5-4-6-9-20)32(18-23-10-7-13-35-23)17-22-15-21-14-19(2)11-12-24(21)28-27(22)34/h4-15,25H,3,16-18H2,1-2H3,(H,28,34)/t25-/m1/s1. The third kappa shape index (κ3) is 5.07. The van der Waals surface area contributed by atoms with Gasteiger partial charge in [0.25, 0.3) is 5.56 Å². The number of nitrogens with one attached hydrogen (secondary N) is 1. The van der Waals surface area contributed by atoms with Crippen LogP contribution in [0.15, 0.2) is 82.2 Å². The highest BCUT2D eigenvalue weighted by Gasteiger charge is 2.26. The fraction of sp³-hybridized carbons (Fsp3) is 0.259. The number of tetrazole rings is 1. The lowest BCUT2D eigenvalue weighted by molar-refractivity contribution is 0.149. The molecule has 2 aromatic carbocycles. The highest BCUT2D eigenvalue weighted by atomic mass is 16.3. The Bertz CT molecular complexity index is 1460. The van der Waals surface area contributed by atoms with E-state index < -0.39 is 0 Å². The monoisotopic (exact) mass is 468 g/mol. The summed E-state index contributed by atoms with van der Waals surface area (Å²) in [6, 6.07) is 21.8. The van der Waals surface area contributed by atoms with E-state index in [0.717, 1.165) is 40.0 Å². The Kier molecular flexibility index (Phi) is 6.54. The molecule has 0 bridgehead atoms. The van der Waals surface area contributed by atoms with E-state index in [1.165, 1.54) is 0 Å². The molecule has 0 amide bonds. The van der Waals surface area contributed by atoms with Crippen LogP contribution in [0.4, 0.5) is 0 Å². The van der Waals surface area contributed by atoms with Crippen molar-refractivity contribution >= 4 is 10.9 Å². The summed E-state index contributed by atoms with van der Waals surface area (Å²) in [5, 5.41) is 13.7. The number of pyridine rings is 1. The van der Waals surface area contributed by atoms with Gasteiger partial charge in [0.2, 0.25) is 0 Å². The molecule has 1 atom stereocenters. The van der Waals surface area contributed by atoms with Crippen LogP contribution in [0, 0.1) is 6.92 Å². The number of benzene rings is 2. The number of fused-ring (bicyclic) bond motifs is 1. The minimum atomic E-state index is -0.119. The second kappa shape index (κ2) is 10.1. The zero-order valence-corrected chi connectivity index (χ0v) is 19.9. The van der Waals surface area contributed by atoms with Crippen LogP contribution in [0.5, 0.6) is 0 Å². The second-order valence-electron chi connectivity index (χ2n) is 8.80. The molecule has 0 saturated carbocycles. The number of furan rings is 1. The first-order valence-electron chi connectivity index (χ1n) is 11.8. The van der Waals surface area contributed by atoms with E-state index in [9.17, 15) is 4.79 Å². The number of hydrogen-bond donors (Lipinski definition) is 1. The summed E-state index contributed by atoms with van der Waals surface area (Å²) in [6.45, 7) is 5.68. The summed E-state index contributed by atoms with van der Waals surface area (Å²) < 4.78 is 7.51. The van der Waals surface area contributed by atoms with Crippen LogP contribution in [-0.2, 0) is 19.6 Å². The number of aromatic amines is 1. The second-order valence-corrected chi connectivity index (χ2v) is 8.80. The molecule has 8 nitrogen and oxygen atoms in total. The van der Waals surface area contributed by atoms with Crippen LogP contribution >= 0.6 is 0 Å². The quantitative estimate of drug-likeness (QED) is 0.339. The lowest BCUT2D eigenvalue weighted by atomic mass is 10.1. The molecule has 0 aliphatic heterocycles. The highest BCUT2D eigenvalue weighted by molar-refractivity contribution is 5.79. The number of aromatic nitrogens is 5. The number of H-pyrrole nitrogens is 1. The minimum absolute atomic E-state index is 0.0930. The third-order valence-corrected chi connectivity index (χ3v) is 6.25. The number of rotatable bonds is 9. The van der Waals surface area contributed by atoms with E-state index in [4.69, 9.17) is 4.42 Å². The van der Waals surface area contributed by atoms with Gasteiger partial charge in [0.05, 0.1) is 25.4 Å². The van der Waals surface area contributed by atoms with Crippen molar-refractivity contribution in [1.82, 2.24) is 30.1 Å². The van der Waals surface area contributed by atoms with Gasteiger partial charge >= 0.3 is 0 Å². The van der Waals surface area contributed by atoms with Crippen molar-refractivity contribution in [2.24, 2.45) is 0 Å². The van der Waals surface area contributed by atoms with E-state index >= 15 is 0 Å². The molecular weight excluding hydrogens is 440 g/mol. The molecule has 5 rings (SSSR count). The van der Waals surface area contributed by atoms with Gasteiger partial charge in [-0.1, -0.05) is 48.9 Å². The Morgan fingerprint density at radius 3 is 2.69 bits per heavy atom. The van der Waals surface area contributed by atoms with Crippen molar-refractivity contribution in [2.45, 2.75) is 45.9 Å². The first-order valence-corrected chi connectivity index (χ1v) is 11.8. The number of nitrogens with zero attached hydrogens (tertiary/aromatic N) is 5. The van der Waals surface area contributed by atoms with Gasteiger partial charge in [-0.3, -0.25) is 9.69 Å². The molecule has 8 heteroatoms. The van der Waals surface area contributed by atoms with E-state index in [0.29, 0.717) is 25.2 Å². The van der Waals surface area contributed by atoms with E-state index in [2.05, 4.69) is 50.5 Å². The van der Waals surface area contributed by atoms with Gasteiger partial charge in [-0.15, -0.1) is 5.10 Å². The topological polar surface area (TPSA) is 92.8 Å². The van der Waals surface area contributed by atoms with Crippen LogP contribution < -0.4 is 5.56 Å². The Labute approximate surface area is 203 Å². The van der Waals surface area contributed by atoms with Gasteiger partial charge < -0.3 is 9.40 Å². The van der Waals surface area contributed by atoms with E-state index in [1.54, 1.807) is 6.26 Å². The molecule has 1 N–H and O–H groups in total. The molecule has 3 aromatic heterocycles. The van der Waals surface area contributed by atoms with Crippen molar-refractivity contribution < 1.29 is 4.42 Å². The first kappa shape index (κ1) is 22.7. The molecule has 0 radical (unpaired) electrons. The van der Waals surface area contributed by atoms with Gasteiger partial charge in [-0.2, -0.15) is 0 Å². The molecule has 0 spiro atoms. The zero-order chi connectivity index (χ0) is 24.2. The van der Waals surface area contributed by atoms with Crippen molar-refractivity contribution in [2.75, 3.05) is 0 Å². The van der Waals surface area contributed by atoms with Crippen LogP contribution in [0.2, 0.25) is 0 Å². The maximum atomic E-state index is 13.0. The van der Waals surface area contributed by atoms with Gasteiger partial charge in [0.15, 0.2) is 5.82 Å². The number of aryl methyl sites for hydroxylation is 1. The van der Waals surface area contributed by atoms with Crippen LogP contribution in [0.25, 0.3) is 10.9 Å². The van der Waals surface area contributed by atoms with E-state index in [-0.39, 0.29) is 11.6 Å². The SMILES string of the molecule is CC[C@H](c1nnnn1Cc1ccccc1)N(Cc1ccco1)Cc1cc2cc(C)ccc2[nH]c1=O. The number of hydrogen-bond acceptors (Lipinski definition) is 6. The normalized spacial score (nSPS) is 12.4. The lowest BCUT2D eigenvalue weighted by Crippen LogP contribution is -2.32. The molecule has 35 heavy (non-hydrogen) atoms.